The monoisotopic (exact) mass is 351 g/mol. The van der Waals surface area contributed by atoms with Gasteiger partial charge >= 0.3 is 6.61 Å². The number of aliphatic hydroxyl groups excluding tert-OH is 1. The number of aryl methyl sites for hydroxylation is 1. The van der Waals surface area contributed by atoms with E-state index in [0.717, 1.165) is 11.6 Å². The Labute approximate surface area is 141 Å². The molecular formula is C17H16F3N3O2. The maximum absolute atomic E-state index is 13.6. The van der Waals surface area contributed by atoms with Crippen molar-refractivity contribution < 1.29 is 23.0 Å². The van der Waals surface area contributed by atoms with Crippen molar-refractivity contribution in [3.63, 3.8) is 0 Å². The highest BCUT2D eigenvalue weighted by molar-refractivity contribution is 5.80. The number of aliphatic hydroxyl groups is 1. The van der Waals surface area contributed by atoms with E-state index in [0.29, 0.717) is 29.6 Å². The van der Waals surface area contributed by atoms with Gasteiger partial charge in [0.1, 0.15) is 5.52 Å². The van der Waals surface area contributed by atoms with Gasteiger partial charge in [0.05, 0.1) is 17.8 Å². The molecule has 0 aliphatic carbocycles. The summed E-state index contributed by atoms with van der Waals surface area (Å²) in [4.78, 5) is 4.29. The number of benzene rings is 1. The standard InChI is InChI=1S/C17H16F3N3O2/c1-10(24)4-5-23-15-6-12(8-21-14(15)9-22-23)11-2-3-13(18)16(7-11)25-17(19)20/h2-3,6-10,17,24H,4-5H2,1H3. The fourth-order valence-electron chi connectivity index (χ4n) is 2.47. The highest BCUT2D eigenvalue weighted by Crippen LogP contribution is 2.29. The molecule has 1 N–H and O–H groups in total. The number of fused-ring (bicyclic) bond motifs is 1. The molecule has 3 aromatic rings. The third-order valence-corrected chi connectivity index (χ3v) is 3.73. The molecule has 0 spiro atoms. The van der Waals surface area contributed by atoms with Crippen LogP contribution in [0.25, 0.3) is 22.2 Å². The van der Waals surface area contributed by atoms with E-state index in [1.807, 2.05) is 0 Å². The first-order valence-electron chi connectivity index (χ1n) is 7.68. The molecule has 25 heavy (non-hydrogen) atoms. The van der Waals surface area contributed by atoms with Gasteiger partial charge in [-0.25, -0.2) is 4.39 Å². The first kappa shape index (κ1) is 17.2. The third kappa shape index (κ3) is 3.90. The number of nitrogens with zero attached hydrogens (tertiary/aromatic N) is 3. The molecule has 0 amide bonds. The SMILES string of the molecule is CC(O)CCn1ncc2ncc(-c3ccc(F)c(OC(F)F)c3)cc21. The fraction of sp³-hybridized carbons (Fsp3) is 0.294. The molecule has 132 valence electrons. The lowest BCUT2D eigenvalue weighted by Gasteiger charge is -2.09. The van der Waals surface area contributed by atoms with E-state index < -0.39 is 24.3 Å². The second kappa shape index (κ2) is 7.10. The number of ether oxygens (including phenoxy) is 1. The molecule has 3 rings (SSSR count). The molecule has 0 aliphatic heterocycles. The maximum Gasteiger partial charge on any atom is 0.387 e. The van der Waals surface area contributed by atoms with Crippen LogP contribution in [0.4, 0.5) is 13.2 Å². The quantitative estimate of drug-likeness (QED) is 0.737. The number of hydrogen-bond acceptors (Lipinski definition) is 4. The molecular weight excluding hydrogens is 335 g/mol. The Morgan fingerprint density at radius 1 is 1.20 bits per heavy atom. The zero-order valence-corrected chi connectivity index (χ0v) is 13.4. The van der Waals surface area contributed by atoms with Gasteiger partial charge in [0.25, 0.3) is 0 Å². The first-order valence-corrected chi connectivity index (χ1v) is 7.68. The summed E-state index contributed by atoms with van der Waals surface area (Å²) in [5.41, 5.74) is 2.51. The zero-order chi connectivity index (χ0) is 18.0. The Bertz CT molecular complexity index is 881. The van der Waals surface area contributed by atoms with Crippen molar-refractivity contribution in [3.8, 4) is 16.9 Å². The number of alkyl halides is 2. The zero-order valence-electron chi connectivity index (χ0n) is 13.4. The van der Waals surface area contributed by atoms with Crippen LogP contribution >= 0.6 is 0 Å². The summed E-state index contributed by atoms with van der Waals surface area (Å²) in [6.07, 6.45) is 3.24. The van der Waals surface area contributed by atoms with Crippen LogP contribution in [0.5, 0.6) is 5.75 Å². The van der Waals surface area contributed by atoms with Crippen molar-refractivity contribution in [1.29, 1.82) is 0 Å². The fourth-order valence-corrected chi connectivity index (χ4v) is 2.47. The summed E-state index contributed by atoms with van der Waals surface area (Å²) >= 11 is 0. The number of aromatic nitrogens is 3. The summed E-state index contributed by atoms with van der Waals surface area (Å²) in [5, 5.41) is 13.6. The average Bonchev–Trinajstić information content (AvgIpc) is 2.97. The van der Waals surface area contributed by atoms with E-state index in [9.17, 15) is 18.3 Å². The van der Waals surface area contributed by atoms with Crippen LogP contribution in [-0.4, -0.2) is 32.6 Å². The van der Waals surface area contributed by atoms with Crippen molar-refractivity contribution >= 4 is 11.0 Å². The maximum atomic E-state index is 13.6. The largest absolute Gasteiger partial charge is 0.432 e. The summed E-state index contributed by atoms with van der Waals surface area (Å²) < 4.78 is 44.2. The van der Waals surface area contributed by atoms with Gasteiger partial charge in [-0.1, -0.05) is 6.07 Å². The number of halogens is 3. The predicted molar refractivity (Wildman–Crippen MR) is 85.9 cm³/mol. The van der Waals surface area contributed by atoms with Gasteiger partial charge in [-0.15, -0.1) is 0 Å². The molecule has 1 aromatic carbocycles. The van der Waals surface area contributed by atoms with E-state index in [2.05, 4.69) is 14.8 Å². The van der Waals surface area contributed by atoms with Crippen molar-refractivity contribution in [1.82, 2.24) is 14.8 Å². The van der Waals surface area contributed by atoms with Gasteiger partial charge in [0.2, 0.25) is 0 Å². The molecule has 5 nitrogen and oxygen atoms in total. The summed E-state index contributed by atoms with van der Waals surface area (Å²) in [5.74, 6) is -1.38. The van der Waals surface area contributed by atoms with E-state index in [1.54, 1.807) is 30.1 Å². The van der Waals surface area contributed by atoms with Crippen molar-refractivity contribution in [2.75, 3.05) is 0 Å². The van der Waals surface area contributed by atoms with Crippen molar-refractivity contribution in [2.24, 2.45) is 0 Å². The minimum Gasteiger partial charge on any atom is -0.432 e. The predicted octanol–water partition coefficient (Wildman–Crippen LogP) is 3.61. The Kier molecular flexibility index (Phi) is 4.89. The van der Waals surface area contributed by atoms with E-state index in [-0.39, 0.29) is 0 Å². The number of pyridine rings is 1. The number of rotatable bonds is 6. The normalized spacial score (nSPS) is 12.7. The van der Waals surface area contributed by atoms with Crippen LogP contribution in [0.3, 0.4) is 0 Å². The highest BCUT2D eigenvalue weighted by Gasteiger charge is 2.13. The lowest BCUT2D eigenvalue weighted by atomic mass is 10.1. The molecule has 2 heterocycles. The molecule has 0 saturated carbocycles. The Morgan fingerprint density at radius 3 is 2.72 bits per heavy atom. The molecule has 8 heteroatoms. The summed E-state index contributed by atoms with van der Waals surface area (Å²) in [7, 11) is 0. The highest BCUT2D eigenvalue weighted by atomic mass is 19.3. The molecule has 0 bridgehead atoms. The van der Waals surface area contributed by atoms with Gasteiger partial charge in [-0.3, -0.25) is 9.67 Å². The Balaban J connectivity index is 1.97. The van der Waals surface area contributed by atoms with Crippen LogP contribution in [0.2, 0.25) is 0 Å². The Hall–Kier alpha value is -2.61. The van der Waals surface area contributed by atoms with Gasteiger partial charge in [-0.2, -0.15) is 13.9 Å². The lowest BCUT2D eigenvalue weighted by molar-refractivity contribution is -0.0521. The summed E-state index contributed by atoms with van der Waals surface area (Å²) in [6, 6.07) is 5.53. The minimum absolute atomic E-state index is 0.457. The van der Waals surface area contributed by atoms with Crippen LogP contribution in [0.1, 0.15) is 13.3 Å². The smallest absolute Gasteiger partial charge is 0.387 e. The van der Waals surface area contributed by atoms with Gasteiger partial charge in [0.15, 0.2) is 11.6 Å². The Morgan fingerprint density at radius 2 is 2.00 bits per heavy atom. The third-order valence-electron chi connectivity index (χ3n) is 3.73. The van der Waals surface area contributed by atoms with Crippen LogP contribution in [0.15, 0.2) is 36.7 Å². The van der Waals surface area contributed by atoms with E-state index in [4.69, 9.17) is 0 Å². The molecule has 1 unspecified atom stereocenters. The minimum atomic E-state index is -3.10. The van der Waals surface area contributed by atoms with Gasteiger partial charge < -0.3 is 9.84 Å². The molecule has 2 aromatic heterocycles. The second-order valence-corrected chi connectivity index (χ2v) is 5.66. The molecule has 0 aliphatic rings. The van der Waals surface area contributed by atoms with Crippen LogP contribution in [-0.2, 0) is 6.54 Å². The summed E-state index contributed by atoms with van der Waals surface area (Å²) in [6.45, 7) is -0.902. The second-order valence-electron chi connectivity index (χ2n) is 5.66. The van der Waals surface area contributed by atoms with Crippen LogP contribution < -0.4 is 4.74 Å². The molecule has 1 atom stereocenters. The van der Waals surface area contributed by atoms with Crippen molar-refractivity contribution in [2.45, 2.75) is 32.6 Å². The van der Waals surface area contributed by atoms with Crippen LogP contribution in [0, 0.1) is 5.82 Å². The lowest BCUT2D eigenvalue weighted by Crippen LogP contribution is -2.08. The topological polar surface area (TPSA) is 60.2 Å². The van der Waals surface area contributed by atoms with Gasteiger partial charge in [0, 0.05) is 18.3 Å². The molecule has 0 fully saturated rings. The van der Waals surface area contributed by atoms with E-state index >= 15 is 0 Å². The first-order chi connectivity index (χ1) is 11.9. The molecule has 0 saturated heterocycles. The number of hydrogen-bond donors (Lipinski definition) is 1. The van der Waals surface area contributed by atoms with Gasteiger partial charge in [-0.05, 0) is 37.1 Å². The van der Waals surface area contributed by atoms with E-state index in [1.165, 1.54) is 12.1 Å². The van der Waals surface area contributed by atoms with Crippen molar-refractivity contribution in [3.05, 3.63) is 42.5 Å². The molecule has 0 radical (unpaired) electrons. The average molecular weight is 351 g/mol.